The summed E-state index contributed by atoms with van der Waals surface area (Å²) in [6, 6.07) is 15.0. The monoisotopic (exact) mass is 319 g/mol. The Hall–Kier alpha value is -3.10. The largest absolute Gasteiger partial charge is 0.496 e. The van der Waals surface area contributed by atoms with E-state index in [1.807, 2.05) is 37.4 Å². The number of methoxy groups -OCH3 is 1. The van der Waals surface area contributed by atoms with Crippen LogP contribution in [0.1, 0.15) is 22.9 Å². The number of nitriles is 1. The zero-order valence-corrected chi connectivity index (χ0v) is 13.5. The zero-order valence-electron chi connectivity index (χ0n) is 13.5. The van der Waals surface area contributed by atoms with Crippen LogP contribution < -0.4 is 4.74 Å². The van der Waals surface area contributed by atoms with Crippen LogP contribution in [0.25, 0.3) is 11.1 Å². The van der Waals surface area contributed by atoms with Gasteiger partial charge in [-0.3, -0.25) is 0 Å². The van der Waals surface area contributed by atoms with Crippen molar-refractivity contribution in [3.63, 3.8) is 0 Å². The molecule has 24 heavy (non-hydrogen) atoms. The molecule has 0 aliphatic rings. The Labute approximate surface area is 140 Å². The zero-order chi connectivity index (χ0) is 17.1. The molecule has 0 aliphatic carbocycles. The maximum absolute atomic E-state index is 10.6. The van der Waals surface area contributed by atoms with Gasteiger partial charge in [0.05, 0.1) is 37.0 Å². The molecule has 5 nitrogen and oxygen atoms in total. The lowest BCUT2D eigenvalue weighted by Crippen LogP contribution is -2.05. The highest BCUT2D eigenvalue weighted by molar-refractivity contribution is 5.76. The van der Waals surface area contributed by atoms with Crippen LogP contribution in [-0.2, 0) is 7.05 Å². The van der Waals surface area contributed by atoms with Crippen LogP contribution in [0.3, 0.4) is 0 Å². The van der Waals surface area contributed by atoms with E-state index in [0.29, 0.717) is 22.6 Å². The fourth-order valence-electron chi connectivity index (χ4n) is 2.72. The predicted molar refractivity (Wildman–Crippen MR) is 90.4 cm³/mol. The molecule has 3 aromatic rings. The van der Waals surface area contributed by atoms with Crippen LogP contribution in [0.15, 0.2) is 55.0 Å². The SMILES string of the molecule is COc1ccccc1-c1cc([C@@H](O)c2cncn2C)ccc1C#N. The van der Waals surface area contributed by atoms with Crippen molar-refractivity contribution in [3.8, 4) is 22.9 Å². The van der Waals surface area contributed by atoms with Crippen molar-refractivity contribution < 1.29 is 9.84 Å². The molecule has 1 N–H and O–H groups in total. The number of aromatic nitrogens is 2. The van der Waals surface area contributed by atoms with Gasteiger partial charge in [0, 0.05) is 18.2 Å². The van der Waals surface area contributed by atoms with Gasteiger partial charge in [-0.2, -0.15) is 5.26 Å². The van der Waals surface area contributed by atoms with Gasteiger partial charge in [0.1, 0.15) is 11.9 Å². The van der Waals surface area contributed by atoms with Crippen molar-refractivity contribution in [1.82, 2.24) is 9.55 Å². The van der Waals surface area contributed by atoms with E-state index >= 15 is 0 Å². The van der Waals surface area contributed by atoms with Gasteiger partial charge in [-0.25, -0.2) is 4.98 Å². The predicted octanol–water partition coefficient (Wildman–Crippen LogP) is 3.05. The Balaban J connectivity index is 2.13. The molecule has 0 spiro atoms. The molecule has 3 rings (SSSR count). The molecular weight excluding hydrogens is 302 g/mol. The number of aliphatic hydroxyl groups is 1. The lowest BCUT2D eigenvalue weighted by molar-refractivity contribution is 0.211. The van der Waals surface area contributed by atoms with E-state index in [1.54, 1.807) is 36.3 Å². The highest BCUT2D eigenvalue weighted by atomic mass is 16.5. The number of rotatable bonds is 4. The number of aryl methyl sites for hydroxylation is 1. The molecule has 5 heteroatoms. The number of hydrogen-bond acceptors (Lipinski definition) is 4. The van der Waals surface area contributed by atoms with Crippen LogP contribution >= 0.6 is 0 Å². The number of imidazole rings is 1. The van der Waals surface area contributed by atoms with Crippen molar-refractivity contribution in [2.75, 3.05) is 7.11 Å². The minimum atomic E-state index is -0.821. The van der Waals surface area contributed by atoms with Crippen molar-refractivity contribution >= 4 is 0 Å². The molecule has 0 amide bonds. The average Bonchev–Trinajstić information content (AvgIpc) is 3.06. The first-order valence-electron chi connectivity index (χ1n) is 7.47. The fourth-order valence-corrected chi connectivity index (χ4v) is 2.72. The lowest BCUT2D eigenvalue weighted by Gasteiger charge is -2.15. The number of aliphatic hydroxyl groups excluding tert-OH is 1. The Kier molecular flexibility index (Phi) is 4.32. The summed E-state index contributed by atoms with van der Waals surface area (Å²) in [6.45, 7) is 0. The van der Waals surface area contributed by atoms with E-state index in [9.17, 15) is 10.4 Å². The molecule has 1 heterocycles. The van der Waals surface area contributed by atoms with Crippen LogP contribution in [0.4, 0.5) is 0 Å². The summed E-state index contributed by atoms with van der Waals surface area (Å²) in [6.07, 6.45) is 2.45. The molecule has 0 saturated heterocycles. The number of nitrogens with zero attached hydrogens (tertiary/aromatic N) is 3. The lowest BCUT2D eigenvalue weighted by atomic mass is 9.94. The molecule has 0 fully saturated rings. The van der Waals surface area contributed by atoms with Gasteiger partial charge >= 0.3 is 0 Å². The standard InChI is InChI=1S/C19H17N3O2/c1-22-12-21-11-17(22)19(23)13-7-8-14(10-20)16(9-13)15-5-3-4-6-18(15)24-2/h3-9,11-12,19,23H,1-2H3/t19-/m1/s1. The normalized spacial score (nSPS) is 11.8. The van der Waals surface area contributed by atoms with E-state index in [2.05, 4.69) is 11.1 Å². The molecule has 0 unspecified atom stereocenters. The summed E-state index contributed by atoms with van der Waals surface area (Å²) in [5.41, 5.74) is 3.45. The molecule has 0 bridgehead atoms. The quantitative estimate of drug-likeness (QED) is 0.802. The summed E-state index contributed by atoms with van der Waals surface area (Å²) in [5.74, 6) is 0.682. The molecule has 0 radical (unpaired) electrons. The van der Waals surface area contributed by atoms with Gasteiger partial charge < -0.3 is 14.4 Å². The molecule has 0 saturated carbocycles. The van der Waals surface area contributed by atoms with Crippen molar-refractivity contribution in [1.29, 1.82) is 5.26 Å². The second-order valence-electron chi connectivity index (χ2n) is 5.45. The van der Waals surface area contributed by atoms with Crippen molar-refractivity contribution in [3.05, 3.63) is 71.8 Å². The minimum Gasteiger partial charge on any atom is -0.496 e. The summed E-state index contributed by atoms with van der Waals surface area (Å²) in [7, 11) is 3.43. The van der Waals surface area contributed by atoms with E-state index < -0.39 is 6.10 Å². The third kappa shape index (κ3) is 2.75. The number of hydrogen-bond donors (Lipinski definition) is 1. The highest BCUT2D eigenvalue weighted by Gasteiger charge is 2.17. The fraction of sp³-hybridized carbons (Fsp3) is 0.158. The van der Waals surface area contributed by atoms with Gasteiger partial charge in [0.25, 0.3) is 0 Å². The smallest absolute Gasteiger partial charge is 0.126 e. The first-order chi connectivity index (χ1) is 11.7. The second-order valence-corrected chi connectivity index (χ2v) is 5.45. The summed E-state index contributed by atoms with van der Waals surface area (Å²) < 4.78 is 7.17. The molecule has 1 atom stereocenters. The summed E-state index contributed by atoms with van der Waals surface area (Å²) in [4.78, 5) is 4.04. The highest BCUT2D eigenvalue weighted by Crippen LogP contribution is 2.34. The van der Waals surface area contributed by atoms with Crippen LogP contribution in [0.2, 0.25) is 0 Å². The van der Waals surface area contributed by atoms with E-state index in [-0.39, 0.29) is 0 Å². The van der Waals surface area contributed by atoms with E-state index in [1.165, 1.54) is 0 Å². The van der Waals surface area contributed by atoms with Crippen LogP contribution in [0, 0.1) is 11.3 Å². The van der Waals surface area contributed by atoms with Crippen LogP contribution in [-0.4, -0.2) is 21.8 Å². The van der Waals surface area contributed by atoms with Gasteiger partial charge in [0.2, 0.25) is 0 Å². The number of para-hydroxylation sites is 1. The third-order valence-corrected chi connectivity index (χ3v) is 4.01. The molecule has 1 aromatic heterocycles. The van der Waals surface area contributed by atoms with Crippen LogP contribution in [0.5, 0.6) is 5.75 Å². The Morgan fingerprint density at radius 3 is 2.67 bits per heavy atom. The molecule has 0 aliphatic heterocycles. The van der Waals surface area contributed by atoms with Crippen molar-refractivity contribution in [2.45, 2.75) is 6.10 Å². The third-order valence-electron chi connectivity index (χ3n) is 4.01. The van der Waals surface area contributed by atoms with E-state index in [0.717, 1.165) is 11.1 Å². The molecule has 120 valence electrons. The van der Waals surface area contributed by atoms with Gasteiger partial charge in [-0.15, -0.1) is 0 Å². The summed E-state index contributed by atoms with van der Waals surface area (Å²) >= 11 is 0. The van der Waals surface area contributed by atoms with E-state index in [4.69, 9.17) is 4.74 Å². The first-order valence-corrected chi connectivity index (χ1v) is 7.47. The van der Waals surface area contributed by atoms with Gasteiger partial charge in [0.15, 0.2) is 0 Å². The number of benzene rings is 2. The average molecular weight is 319 g/mol. The molecular formula is C19H17N3O2. The Morgan fingerprint density at radius 2 is 2.00 bits per heavy atom. The Morgan fingerprint density at radius 1 is 1.21 bits per heavy atom. The summed E-state index contributed by atoms with van der Waals surface area (Å²) in [5, 5.41) is 20.1. The minimum absolute atomic E-state index is 0.528. The van der Waals surface area contributed by atoms with Crippen molar-refractivity contribution in [2.24, 2.45) is 7.05 Å². The second kappa shape index (κ2) is 6.57. The maximum Gasteiger partial charge on any atom is 0.126 e. The molecule has 2 aromatic carbocycles. The Bertz CT molecular complexity index is 909. The maximum atomic E-state index is 10.6. The first kappa shape index (κ1) is 15.8. The van der Waals surface area contributed by atoms with Gasteiger partial charge in [-0.1, -0.05) is 24.3 Å². The van der Waals surface area contributed by atoms with Gasteiger partial charge in [-0.05, 0) is 23.8 Å². The number of ether oxygens (including phenoxy) is 1. The topological polar surface area (TPSA) is 71.1 Å².